The topological polar surface area (TPSA) is 55.4 Å². The van der Waals surface area contributed by atoms with Crippen molar-refractivity contribution in [1.29, 1.82) is 0 Å². The van der Waals surface area contributed by atoms with Gasteiger partial charge in [-0.3, -0.25) is 0 Å². The van der Waals surface area contributed by atoms with Gasteiger partial charge < -0.3 is 4.74 Å². The Morgan fingerprint density at radius 3 is 2.35 bits per heavy atom. The van der Waals surface area contributed by atoms with Crippen molar-refractivity contribution in [2.24, 2.45) is 5.92 Å². The van der Waals surface area contributed by atoms with Crippen LogP contribution in [0.4, 0.5) is 0 Å². The smallest absolute Gasteiger partial charge is 0.243 e. The number of halogens is 3. The second-order valence-electron chi connectivity index (χ2n) is 4.57. The van der Waals surface area contributed by atoms with E-state index in [1.165, 1.54) is 12.1 Å². The van der Waals surface area contributed by atoms with Crippen LogP contribution < -0.4 is 4.72 Å². The summed E-state index contributed by atoms with van der Waals surface area (Å²) in [6.07, 6.45) is 0. The van der Waals surface area contributed by atoms with Gasteiger partial charge in [0.2, 0.25) is 10.0 Å². The van der Waals surface area contributed by atoms with Gasteiger partial charge in [-0.15, -0.1) is 0 Å². The number of hydrogen-bond acceptors (Lipinski definition) is 3. The molecule has 1 N–H and O–H groups in total. The average molecular weight is 405 g/mol. The highest BCUT2D eigenvalue weighted by Gasteiger charge is 2.21. The average Bonchev–Trinajstić information content (AvgIpc) is 2.25. The molecule has 0 unspecified atom stereocenters. The number of nitrogens with one attached hydrogen (secondary N) is 1. The van der Waals surface area contributed by atoms with E-state index in [4.69, 9.17) is 27.9 Å². The third kappa shape index (κ3) is 5.50. The zero-order valence-electron chi connectivity index (χ0n) is 11.1. The van der Waals surface area contributed by atoms with Gasteiger partial charge in [-0.2, -0.15) is 0 Å². The Balaban J connectivity index is 2.70. The fourth-order valence-corrected chi connectivity index (χ4v) is 4.37. The third-order valence-corrected chi connectivity index (χ3v) is 5.06. The van der Waals surface area contributed by atoms with Crippen molar-refractivity contribution in [1.82, 2.24) is 4.72 Å². The largest absolute Gasteiger partial charge is 0.380 e. The van der Waals surface area contributed by atoms with E-state index in [-0.39, 0.29) is 21.5 Å². The SMILES string of the molecule is CC(C)COCCNS(=O)(=O)c1c(Cl)cc(Br)cc1Cl. The summed E-state index contributed by atoms with van der Waals surface area (Å²) < 4.78 is 32.6. The van der Waals surface area contributed by atoms with Crippen molar-refractivity contribution in [2.45, 2.75) is 18.7 Å². The molecule has 0 aliphatic rings. The Morgan fingerprint density at radius 2 is 1.85 bits per heavy atom. The normalized spacial score (nSPS) is 12.1. The molecule has 0 amide bonds. The summed E-state index contributed by atoms with van der Waals surface area (Å²) in [5.41, 5.74) is 0. The highest BCUT2D eigenvalue weighted by Crippen LogP contribution is 2.32. The minimum Gasteiger partial charge on any atom is -0.380 e. The summed E-state index contributed by atoms with van der Waals surface area (Å²) >= 11 is 15.1. The molecule has 0 saturated carbocycles. The maximum Gasteiger partial charge on any atom is 0.243 e. The zero-order valence-corrected chi connectivity index (χ0v) is 15.0. The first kappa shape index (κ1) is 18.2. The first-order chi connectivity index (χ1) is 9.24. The van der Waals surface area contributed by atoms with E-state index in [0.717, 1.165) is 0 Å². The van der Waals surface area contributed by atoms with Gasteiger partial charge in [-0.25, -0.2) is 13.1 Å². The van der Waals surface area contributed by atoms with Crippen molar-refractivity contribution in [3.63, 3.8) is 0 Å². The molecule has 0 spiro atoms. The van der Waals surface area contributed by atoms with Crippen LogP contribution >= 0.6 is 39.1 Å². The summed E-state index contributed by atoms with van der Waals surface area (Å²) in [5, 5.41) is 0.139. The molecule has 0 aliphatic carbocycles. The lowest BCUT2D eigenvalue weighted by atomic mass is 10.2. The highest BCUT2D eigenvalue weighted by atomic mass is 79.9. The van der Waals surface area contributed by atoms with Crippen LogP contribution in [0.25, 0.3) is 0 Å². The van der Waals surface area contributed by atoms with Crippen LogP contribution in [-0.4, -0.2) is 28.2 Å². The predicted molar refractivity (Wildman–Crippen MR) is 85.0 cm³/mol. The van der Waals surface area contributed by atoms with E-state index >= 15 is 0 Å². The van der Waals surface area contributed by atoms with Crippen molar-refractivity contribution in [2.75, 3.05) is 19.8 Å². The van der Waals surface area contributed by atoms with E-state index in [0.29, 0.717) is 23.6 Å². The molecule has 0 heterocycles. The standard InChI is InChI=1S/C12H16BrCl2NO3S/c1-8(2)7-19-4-3-16-20(17,18)12-10(14)5-9(13)6-11(12)15/h5-6,8,16H,3-4,7H2,1-2H3. The molecule has 1 rings (SSSR count). The second-order valence-corrected chi connectivity index (χ2v) is 8.00. The molecule has 0 aliphatic heterocycles. The molecule has 1 aromatic carbocycles. The third-order valence-electron chi connectivity index (χ3n) is 2.22. The lowest BCUT2D eigenvalue weighted by Gasteiger charge is -2.11. The molecular weight excluding hydrogens is 389 g/mol. The second kappa shape index (κ2) is 7.96. The van der Waals surface area contributed by atoms with Gasteiger partial charge in [0.1, 0.15) is 4.90 Å². The Kier molecular flexibility index (Phi) is 7.24. The van der Waals surface area contributed by atoms with Crippen LogP contribution in [0.3, 0.4) is 0 Å². The van der Waals surface area contributed by atoms with E-state index in [1.807, 2.05) is 13.8 Å². The van der Waals surface area contributed by atoms with Crippen LogP contribution in [0.1, 0.15) is 13.8 Å². The van der Waals surface area contributed by atoms with Crippen molar-refractivity contribution >= 4 is 49.2 Å². The summed E-state index contributed by atoms with van der Waals surface area (Å²) in [7, 11) is -3.75. The summed E-state index contributed by atoms with van der Waals surface area (Å²) in [5.74, 6) is 0.405. The maximum atomic E-state index is 12.1. The highest BCUT2D eigenvalue weighted by molar-refractivity contribution is 9.10. The fraction of sp³-hybridized carbons (Fsp3) is 0.500. The Bertz CT molecular complexity index is 541. The summed E-state index contributed by atoms with van der Waals surface area (Å²) in [6, 6.07) is 2.97. The van der Waals surface area contributed by atoms with Crippen molar-refractivity contribution in [3.8, 4) is 0 Å². The minimum absolute atomic E-state index is 0.0694. The molecule has 1 aromatic rings. The van der Waals surface area contributed by atoms with Crippen molar-refractivity contribution < 1.29 is 13.2 Å². The van der Waals surface area contributed by atoms with E-state index in [2.05, 4.69) is 20.7 Å². The monoisotopic (exact) mass is 403 g/mol. The van der Waals surface area contributed by atoms with Crippen LogP contribution in [-0.2, 0) is 14.8 Å². The van der Waals surface area contributed by atoms with Gasteiger partial charge in [0.15, 0.2) is 0 Å². The molecule has 8 heteroatoms. The van der Waals surface area contributed by atoms with Gasteiger partial charge in [-0.1, -0.05) is 53.0 Å². The zero-order chi connectivity index (χ0) is 15.3. The van der Waals surface area contributed by atoms with Gasteiger partial charge in [0, 0.05) is 17.6 Å². The molecule has 20 heavy (non-hydrogen) atoms. The van der Waals surface area contributed by atoms with Crippen molar-refractivity contribution in [3.05, 3.63) is 26.7 Å². The summed E-state index contributed by atoms with van der Waals surface area (Å²) in [6.45, 7) is 5.08. The molecule has 4 nitrogen and oxygen atoms in total. The molecule has 0 bridgehead atoms. The molecule has 0 radical (unpaired) electrons. The van der Waals surface area contributed by atoms with E-state index in [9.17, 15) is 8.42 Å². The molecule has 0 saturated heterocycles. The molecule has 0 fully saturated rings. The number of ether oxygens (including phenoxy) is 1. The first-order valence-corrected chi connectivity index (χ1v) is 8.99. The predicted octanol–water partition coefficient (Wildman–Crippen LogP) is 3.71. The van der Waals surface area contributed by atoms with Gasteiger partial charge in [0.25, 0.3) is 0 Å². The molecular formula is C12H16BrCl2NO3S. The van der Waals surface area contributed by atoms with E-state index < -0.39 is 10.0 Å². The number of hydrogen-bond donors (Lipinski definition) is 1. The molecule has 0 atom stereocenters. The Morgan fingerprint density at radius 1 is 1.30 bits per heavy atom. The lowest BCUT2D eigenvalue weighted by molar-refractivity contribution is 0.114. The van der Waals surface area contributed by atoms with Crippen LogP contribution in [0.5, 0.6) is 0 Å². The Labute approximate surface area is 138 Å². The number of benzene rings is 1. The van der Waals surface area contributed by atoms with Gasteiger partial charge >= 0.3 is 0 Å². The molecule has 0 aromatic heterocycles. The van der Waals surface area contributed by atoms with E-state index in [1.54, 1.807) is 0 Å². The molecule has 114 valence electrons. The van der Waals surface area contributed by atoms with Crippen LogP contribution in [0.2, 0.25) is 10.0 Å². The number of rotatable bonds is 7. The van der Waals surface area contributed by atoms with Crippen LogP contribution in [0, 0.1) is 5.92 Å². The van der Waals surface area contributed by atoms with Crippen LogP contribution in [0.15, 0.2) is 21.5 Å². The van der Waals surface area contributed by atoms with Gasteiger partial charge in [-0.05, 0) is 18.1 Å². The van der Waals surface area contributed by atoms with Gasteiger partial charge in [0.05, 0.1) is 16.7 Å². The minimum atomic E-state index is -3.75. The maximum absolute atomic E-state index is 12.1. The Hall–Kier alpha value is 0.150. The first-order valence-electron chi connectivity index (χ1n) is 5.96. The lowest BCUT2D eigenvalue weighted by Crippen LogP contribution is -2.28. The number of sulfonamides is 1. The quantitative estimate of drug-likeness (QED) is 0.704. The fourth-order valence-electron chi connectivity index (χ4n) is 1.43. The summed E-state index contributed by atoms with van der Waals surface area (Å²) in [4.78, 5) is -0.118.